The zero-order valence-electron chi connectivity index (χ0n) is 11.7. The second-order valence-corrected chi connectivity index (χ2v) is 6.78. The van der Waals surface area contributed by atoms with Crippen LogP contribution in [0.15, 0.2) is 39.4 Å². The minimum Gasteiger partial charge on any atom is -0.364 e. The van der Waals surface area contributed by atoms with Crippen LogP contribution in [0.4, 0.5) is 10.8 Å². The van der Waals surface area contributed by atoms with Crippen LogP contribution in [0.3, 0.4) is 0 Å². The van der Waals surface area contributed by atoms with Crippen molar-refractivity contribution in [1.82, 2.24) is 15.4 Å². The van der Waals surface area contributed by atoms with Gasteiger partial charge in [-0.05, 0) is 37.1 Å². The van der Waals surface area contributed by atoms with Crippen molar-refractivity contribution in [2.45, 2.75) is 23.9 Å². The van der Waals surface area contributed by atoms with E-state index in [0.29, 0.717) is 0 Å². The van der Waals surface area contributed by atoms with Crippen LogP contribution in [-0.4, -0.2) is 15.4 Å². The molecule has 1 N–H and O–H groups in total. The molecule has 0 spiro atoms. The van der Waals surface area contributed by atoms with E-state index in [-0.39, 0.29) is 0 Å². The highest BCUT2D eigenvalue weighted by molar-refractivity contribution is 8.00. The van der Waals surface area contributed by atoms with E-state index in [9.17, 15) is 0 Å². The Kier molecular flexibility index (Phi) is 4.21. The maximum absolute atomic E-state index is 4.80. The Bertz CT molecular complexity index is 724. The second-order valence-electron chi connectivity index (χ2n) is 4.58. The standard InChI is InChI=1S/C14H14N4OS2/c1-9-3-4-11(7-10(9)2)15-13-16-17-14(21-13)20-8-12-5-6-19-18-12/h3-7H,8H2,1-2H3,(H,15,16). The maximum Gasteiger partial charge on any atom is 0.210 e. The fourth-order valence-corrected chi connectivity index (χ4v) is 3.37. The van der Waals surface area contributed by atoms with E-state index in [4.69, 9.17) is 4.52 Å². The Morgan fingerprint density at radius 3 is 2.86 bits per heavy atom. The summed E-state index contributed by atoms with van der Waals surface area (Å²) in [5.41, 5.74) is 4.47. The number of hydrogen-bond donors (Lipinski definition) is 1. The number of anilines is 2. The molecule has 21 heavy (non-hydrogen) atoms. The average molecular weight is 318 g/mol. The highest BCUT2D eigenvalue weighted by Crippen LogP contribution is 2.29. The van der Waals surface area contributed by atoms with Crippen LogP contribution in [0, 0.1) is 13.8 Å². The summed E-state index contributed by atoms with van der Waals surface area (Å²) >= 11 is 3.13. The van der Waals surface area contributed by atoms with Gasteiger partial charge in [0.15, 0.2) is 4.34 Å². The first-order valence-electron chi connectivity index (χ1n) is 6.40. The normalized spacial score (nSPS) is 10.8. The van der Waals surface area contributed by atoms with Gasteiger partial charge < -0.3 is 9.84 Å². The molecule has 2 aromatic heterocycles. The Labute approximate surface area is 130 Å². The van der Waals surface area contributed by atoms with Crippen molar-refractivity contribution in [3.05, 3.63) is 47.3 Å². The SMILES string of the molecule is Cc1ccc(Nc2nnc(SCc3ccon3)s2)cc1C. The van der Waals surface area contributed by atoms with E-state index in [1.807, 2.05) is 12.1 Å². The molecule has 108 valence electrons. The number of benzene rings is 1. The summed E-state index contributed by atoms with van der Waals surface area (Å²) in [7, 11) is 0. The minimum absolute atomic E-state index is 0.731. The lowest BCUT2D eigenvalue weighted by Crippen LogP contribution is -1.91. The monoisotopic (exact) mass is 318 g/mol. The van der Waals surface area contributed by atoms with Crippen LogP contribution in [0.25, 0.3) is 0 Å². The lowest BCUT2D eigenvalue weighted by molar-refractivity contribution is 0.414. The summed E-state index contributed by atoms with van der Waals surface area (Å²) in [5.74, 6) is 0.731. The van der Waals surface area contributed by atoms with E-state index < -0.39 is 0 Å². The predicted octanol–water partition coefficient (Wildman–Crippen LogP) is 4.18. The number of thioether (sulfide) groups is 1. The molecule has 0 aliphatic carbocycles. The molecule has 1 aromatic carbocycles. The molecule has 0 aliphatic rings. The molecular weight excluding hydrogens is 304 g/mol. The third-order valence-electron chi connectivity index (χ3n) is 3.00. The molecule has 0 saturated carbocycles. The predicted molar refractivity (Wildman–Crippen MR) is 85.2 cm³/mol. The zero-order chi connectivity index (χ0) is 14.7. The smallest absolute Gasteiger partial charge is 0.210 e. The number of rotatable bonds is 5. The van der Waals surface area contributed by atoms with Crippen molar-refractivity contribution in [2.75, 3.05) is 5.32 Å². The third kappa shape index (κ3) is 3.62. The molecule has 0 fully saturated rings. The summed E-state index contributed by atoms with van der Waals surface area (Å²) < 4.78 is 5.71. The van der Waals surface area contributed by atoms with E-state index in [0.717, 1.165) is 26.6 Å². The molecule has 3 rings (SSSR count). The van der Waals surface area contributed by atoms with E-state index in [1.54, 1.807) is 18.0 Å². The van der Waals surface area contributed by atoms with Crippen LogP contribution < -0.4 is 5.32 Å². The number of nitrogens with zero attached hydrogens (tertiary/aromatic N) is 3. The van der Waals surface area contributed by atoms with Crippen molar-refractivity contribution in [3.63, 3.8) is 0 Å². The van der Waals surface area contributed by atoms with Crippen LogP contribution in [0.2, 0.25) is 0 Å². The lowest BCUT2D eigenvalue weighted by Gasteiger charge is -2.05. The van der Waals surface area contributed by atoms with Gasteiger partial charge in [0.05, 0.1) is 5.69 Å². The number of nitrogens with one attached hydrogen (secondary N) is 1. The molecule has 0 radical (unpaired) electrons. The van der Waals surface area contributed by atoms with Gasteiger partial charge in [0, 0.05) is 17.5 Å². The molecular formula is C14H14N4OS2. The van der Waals surface area contributed by atoms with Crippen molar-refractivity contribution < 1.29 is 4.52 Å². The third-order valence-corrected chi connectivity index (χ3v) is 5.00. The molecule has 0 saturated heterocycles. The van der Waals surface area contributed by atoms with E-state index in [2.05, 4.69) is 46.7 Å². The zero-order valence-corrected chi connectivity index (χ0v) is 13.3. The Morgan fingerprint density at radius 2 is 2.10 bits per heavy atom. The highest BCUT2D eigenvalue weighted by Gasteiger charge is 2.07. The van der Waals surface area contributed by atoms with Gasteiger partial charge in [0.25, 0.3) is 0 Å². The first-order chi connectivity index (χ1) is 10.2. The molecule has 7 heteroatoms. The topological polar surface area (TPSA) is 63.8 Å². The number of aromatic nitrogens is 3. The lowest BCUT2D eigenvalue weighted by atomic mass is 10.1. The molecule has 0 unspecified atom stereocenters. The van der Waals surface area contributed by atoms with Crippen LogP contribution >= 0.6 is 23.1 Å². The largest absolute Gasteiger partial charge is 0.364 e. The van der Waals surface area contributed by atoms with E-state index >= 15 is 0 Å². The molecule has 2 heterocycles. The molecule has 5 nitrogen and oxygen atoms in total. The van der Waals surface area contributed by atoms with Crippen molar-refractivity contribution in [3.8, 4) is 0 Å². The molecule has 0 amide bonds. The summed E-state index contributed by atoms with van der Waals surface area (Å²) in [6.45, 7) is 4.20. The Morgan fingerprint density at radius 1 is 1.19 bits per heavy atom. The fraction of sp³-hybridized carbons (Fsp3) is 0.214. The molecule has 0 bridgehead atoms. The number of hydrogen-bond acceptors (Lipinski definition) is 7. The average Bonchev–Trinajstić information content (AvgIpc) is 3.12. The first kappa shape index (κ1) is 14.1. The van der Waals surface area contributed by atoms with E-state index in [1.165, 1.54) is 22.5 Å². The maximum atomic E-state index is 4.80. The van der Waals surface area contributed by atoms with Gasteiger partial charge in [-0.25, -0.2) is 0 Å². The van der Waals surface area contributed by atoms with Gasteiger partial charge in [0.1, 0.15) is 6.26 Å². The number of aryl methyl sites for hydroxylation is 2. The fourth-order valence-electron chi connectivity index (χ4n) is 1.71. The molecule has 0 atom stereocenters. The van der Waals surface area contributed by atoms with Crippen LogP contribution in [0.1, 0.15) is 16.8 Å². The van der Waals surface area contributed by atoms with Crippen molar-refractivity contribution in [1.29, 1.82) is 0 Å². The highest BCUT2D eigenvalue weighted by atomic mass is 32.2. The van der Waals surface area contributed by atoms with Gasteiger partial charge in [0.2, 0.25) is 5.13 Å². The summed E-state index contributed by atoms with van der Waals surface area (Å²) in [6.07, 6.45) is 1.57. The van der Waals surface area contributed by atoms with Crippen LogP contribution in [-0.2, 0) is 5.75 Å². The van der Waals surface area contributed by atoms with Gasteiger partial charge in [-0.15, -0.1) is 10.2 Å². The Hall–Kier alpha value is -1.86. The van der Waals surface area contributed by atoms with Gasteiger partial charge in [-0.2, -0.15) is 0 Å². The minimum atomic E-state index is 0.731. The van der Waals surface area contributed by atoms with Gasteiger partial charge >= 0.3 is 0 Å². The van der Waals surface area contributed by atoms with Crippen molar-refractivity contribution >= 4 is 33.9 Å². The van der Waals surface area contributed by atoms with Gasteiger partial charge in [-0.1, -0.05) is 34.3 Å². The Balaban J connectivity index is 1.63. The van der Waals surface area contributed by atoms with Crippen molar-refractivity contribution in [2.24, 2.45) is 0 Å². The summed E-state index contributed by atoms with van der Waals surface area (Å²) in [6, 6.07) is 8.10. The summed E-state index contributed by atoms with van der Waals surface area (Å²) in [4.78, 5) is 0. The summed E-state index contributed by atoms with van der Waals surface area (Å²) in [5, 5.41) is 16.3. The molecule has 3 aromatic rings. The molecule has 0 aliphatic heterocycles. The second kappa shape index (κ2) is 6.28. The first-order valence-corrected chi connectivity index (χ1v) is 8.21. The van der Waals surface area contributed by atoms with Crippen LogP contribution in [0.5, 0.6) is 0 Å². The quantitative estimate of drug-likeness (QED) is 0.712. The van der Waals surface area contributed by atoms with Gasteiger partial charge in [-0.3, -0.25) is 0 Å².